The second-order valence-corrected chi connectivity index (χ2v) is 6.44. The summed E-state index contributed by atoms with van der Waals surface area (Å²) < 4.78 is 5.79. The number of nitrogens with two attached hydrogens (primary N) is 1. The topological polar surface area (TPSA) is 59.5 Å². The van der Waals surface area contributed by atoms with Crippen LogP contribution in [0, 0.1) is 6.92 Å². The number of rotatable bonds is 3. The molecule has 1 amide bonds. The SMILES string of the molecule is Cc1ccc(-c2ccc(C(=O)N(C)C3CCCCC3)o2)cc1N. The molecule has 1 saturated carbocycles. The maximum atomic E-state index is 12.6. The van der Waals surface area contributed by atoms with Crippen molar-refractivity contribution in [1.82, 2.24) is 4.90 Å². The van der Waals surface area contributed by atoms with E-state index in [1.807, 2.05) is 43.1 Å². The lowest BCUT2D eigenvalue weighted by atomic mass is 9.94. The maximum Gasteiger partial charge on any atom is 0.289 e. The molecule has 0 bridgehead atoms. The average Bonchev–Trinajstić information content (AvgIpc) is 3.07. The van der Waals surface area contributed by atoms with Gasteiger partial charge in [-0.25, -0.2) is 0 Å². The third kappa shape index (κ3) is 3.26. The first-order valence-electron chi connectivity index (χ1n) is 8.30. The van der Waals surface area contributed by atoms with Gasteiger partial charge in [-0.05, 0) is 43.5 Å². The molecule has 0 unspecified atom stereocenters. The van der Waals surface area contributed by atoms with Gasteiger partial charge in [-0.3, -0.25) is 4.79 Å². The van der Waals surface area contributed by atoms with Crippen LogP contribution in [0.2, 0.25) is 0 Å². The number of furan rings is 1. The summed E-state index contributed by atoms with van der Waals surface area (Å²) in [6, 6.07) is 9.73. The Morgan fingerprint density at radius 3 is 2.61 bits per heavy atom. The van der Waals surface area contributed by atoms with E-state index >= 15 is 0 Å². The molecular formula is C19H24N2O2. The van der Waals surface area contributed by atoms with Gasteiger partial charge in [0.15, 0.2) is 5.76 Å². The largest absolute Gasteiger partial charge is 0.451 e. The van der Waals surface area contributed by atoms with Crippen molar-refractivity contribution in [2.24, 2.45) is 0 Å². The molecule has 0 aliphatic heterocycles. The molecule has 1 aromatic heterocycles. The van der Waals surface area contributed by atoms with E-state index in [2.05, 4.69) is 0 Å². The van der Waals surface area contributed by atoms with E-state index in [-0.39, 0.29) is 5.91 Å². The van der Waals surface area contributed by atoms with E-state index < -0.39 is 0 Å². The lowest BCUT2D eigenvalue weighted by molar-refractivity contribution is 0.0665. The summed E-state index contributed by atoms with van der Waals surface area (Å²) in [6.45, 7) is 1.97. The minimum absolute atomic E-state index is 0.0387. The van der Waals surface area contributed by atoms with Crippen LogP contribution in [0.1, 0.15) is 48.2 Å². The van der Waals surface area contributed by atoms with Crippen molar-refractivity contribution in [1.29, 1.82) is 0 Å². The van der Waals surface area contributed by atoms with Gasteiger partial charge in [0.1, 0.15) is 5.76 Å². The summed E-state index contributed by atoms with van der Waals surface area (Å²) in [7, 11) is 1.88. The molecule has 1 heterocycles. The van der Waals surface area contributed by atoms with Crippen LogP contribution < -0.4 is 5.73 Å². The average molecular weight is 312 g/mol. The van der Waals surface area contributed by atoms with Gasteiger partial charge in [0.05, 0.1) is 0 Å². The fourth-order valence-electron chi connectivity index (χ4n) is 3.21. The second-order valence-electron chi connectivity index (χ2n) is 6.44. The molecule has 4 nitrogen and oxygen atoms in total. The first-order chi connectivity index (χ1) is 11.1. The zero-order chi connectivity index (χ0) is 16.4. The standard InChI is InChI=1S/C19H24N2O2/c1-13-8-9-14(12-16(13)20)17-10-11-18(23-17)19(22)21(2)15-6-4-3-5-7-15/h8-12,15H,3-7,20H2,1-2H3. The Kier molecular flexibility index (Phi) is 4.42. The highest BCUT2D eigenvalue weighted by Gasteiger charge is 2.25. The molecule has 0 radical (unpaired) electrons. The molecule has 2 aromatic rings. The van der Waals surface area contributed by atoms with Gasteiger partial charge in [0, 0.05) is 24.3 Å². The molecule has 1 aliphatic rings. The van der Waals surface area contributed by atoms with E-state index in [1.54, 1.807) is 6.07 Å². The Balaban J connectivity index is 1.77. The monoisotopic (exact) mass is 312 g/mol. The molecule has 23 heavy (non-hydrogen) atoms. The summed E-state index contributed by atoms with van der Waals surface area (Å²) in [4.78, 5) is 14.5. The van der Waals surface area contributed by atoms with Crippen LogP contribution in [0.25, 0.3) is 11.3 Å². The smallest absolute Gasteiger partial charge is 0.289 e. The Morgan fingerprint density at radius 2 is 1.91 bits per heavy atom. The van der Waals surface area contributed by atoms with Crippen molar-refractivity contribution >= 4 is 11.6 Å². The first kappa shape index (κ1) is 15.7. The molecule has 1 aliphatic carbocycles. The third-order valence-electron chi connectivity index (χ3n) is 4.82. The number of nitrogen functional groups attached to an aromatic ring is 1. The van der Waals surface area contributed by atoms with Gasteiger partial charge in [-0.2, -0.15) is 0 Å². The lowest BCUT2D eigenvalue weighted by Gasteiger charge is -2.30. The first-order valence-corrected chi connectivity index (χ1v) is 8.30. The van der Waals surface area contributed by atoms with Gasteiger partial charge in [0.25, 0.3) is 5.91 Å². The zero-order valence-electron chi connectivity index (χ0n) is 13.8. The highest BCUT2D eigenvalue weighted by Crippen LogP contribution is 2.27. The predicted molar refractivity (Wildman–Crippen MR) is 92.3 cm³/mol. The Morgan fingerprint density at radius 1 is 1.17 bits per heavy atom. The van der Waals surface area contributed by atoms with Gasteiger partial charge in [-0.1, -0.05) is 31.4 Å². The Labute approximate surface area is 137 Å². The van der Waals surface area contributed by atoms with Gasteiger partial charge in [-0.15, -0.1) is 0 Å². The number of carbonyl (C=O) groups is 1. The van der Waals surface area contributed by atoms with E-state index in [0.717, 1.165) is 29.7 Å². The molecule has 0 spiro atoms. The number of nitrogens with zero attached hydrogens (tertiary/aromatic N) is 1. The van der Waals surface area contributed by atoms with Gasteiger partial charge in [0.2, 0.25) is 0 Å². The molecular weight excluding hydrogens is 288 g/mol. The normalized spacial score (nSPS) is 15.6. The predicted octanol–water partition coefficient (Wildman–Crippen LogP) is 4.24. The van der Waals surface area contributed by atoms with Crippen LogP contribution in [-0.4, -0.2) is 23.9 Å². The number of hydrogen-bond acceptors (Lipinski definition) is 3. The van der Waals surface area contributed by atoms with Crippen molar-refractivity contribution < 1.29 is 9.21 Å². The highest BCUT2D eigenvalue weighted by molar-refractivity contribution is 5.92. The van der Waals surface area contributed by atoms with Crippen molar-refractivity contribution in [2.45, 2.75) is 45.1 Å². The van der Waals surface area contributed by atoms with E-state index in [9.17, 15) is 4.79 Å². The van der Waals surface area contributed by atoms with Crippen LogP contribution in [-0.2, 0) is 0 Å². The van der Waals surface area contributed by atoms with E-state index in [0.29, 0.717) is 17.6 Å². The summed E-state index contributed by atoms with van der Waals surface area (Å²) in [5.41, 5.74) is 8.61. The van der Waals surface area contributed by atoms with Crippen LogP contribution in [0.4, 0.5) is 5.69 Å². The Hall–Kier alpha value is -2.23. The second kappa shape index (κ2) is 6.49. The minimum atomic E-state index is -0.0387. The summed E-state index contributed by atoms with van der Waals surface area (Å²) in [5.74, 6) is 1.03. The lowest BCUT2D eigenvalue weighted by Crippen LogP contribution is -2.38. The molecule has 2 N–H and O–H groups in total. The van der Waals surface area contributed by atoms with Crippen molar-refractivity contribution in [3.8, 4) is 11.3 Å². The number of hydrogen-bond donors (Lipinski definition) is 1. The number of carbonyl (C=O) groups excluding carboxylic acids is 1. The van der Waals surface area contributed by atoms with Crippen molar-refractivity contribution in [2.75, 3.05) is 12.8 Å². The molecule has 1 fully saturated rings. The molecule has 3 rings (SSSR count). The molecule has 0 saturated heterocycles. The number of benzene rings is 1. The maximum absolute atomic E-state index is 12.6. The molecule has 122 valence electrons. The van der Waals surface area contributed by atoms with Crippen molar-refractivity contribution in [3.05, 3.63) is 41.7 Å². The fraction of sp³-hybridized carbons (Fsp3) is 0.421. The highest BCUT2D eigenvalue weighted by atomic mass is 16.4. The quantitative estimate of drug-likeness (QED) is 0.862. The van der Waals surface area contributed by atoms with Gasteiger partial charge >= 0.3 is 0 Å². The molecule has 1 aromatic carbocycles. The number of anilines is 1. The van der Waals surface area contributed by atoms with Crippen LogP contribution in [0.15, 0.2) is 34.7 Å². The number of amides is 1. The summed E-state index contributed by atoms with van der Waals surface area (Å²) in [5, 5.41) is 0. The van der Waals surface area contributed by atoms with Crippen molar-refractivity contribution in [3.63, 3.8) is 0 Å². The number of aryl methyl sites for hydroxylation is 1. The van der Waals surface area contributed by atoms with Crippen LogP contribution >= 0.6 is 0 Å². The van der Waals surface area contributed by atoms with Crippen LogP contribution in [0.3, 0.4) is 0 Å². The van der Waals surface area contributed by atoms with Crippen LogP contribution in [0.5, 0.6) is 0 Å². The fourth-order valence-corrected chi connectivity index (χ4v) is 3.21. The minimum Gasteiger partial charge on any atom is -0.451 e. The molecule has 0 atom stereocenters. The van der Waals surface area contributed by atoms with E-state index in [1.165, 1.54) is 19.3 Å². The summed E-state index contributed by atoms with van der Waals surface area (Å²) in [6.07, 6.45) is 5.86. The Bertz CT molecular complexity index is 699. The summed E-state index contributed by atoms with van der Waals surface area (Å²) >= 11 is 0. The molecule has 4 heteroatoms. The van der Waals surface area contributed by atoms with Gasteiger partial charge < -0.3 is 15.1 Å². The van der Waals surface area contributed by atoms with E-state index in [4.69, 9.17) is 10.2 Å². The zero-order valence-corrected chi connectivity index (χ0v) is 13.8. The third-order valence-corrected chi connectivity index (χ3v) is 4.82.